The molecule has 2 heterocycles. The highest BCUT2D eigenvalue weighted by Gasteiger charge is 2.38. The van der Waals surface area contributed by atoms with Gasteiger partial charge in [-0.1, -0.05) is 26.0 Å². The van der Waals surface area contributed by atoms with Gasteiger partial charge in [-0.05, 0) is 31.9 Å². The van der Waals surface area contributed by atoms with E-state index in [0.29, 0.717) is 5.88 Å². The molecule has 0 aliphatic rings. The first kappa shape index (κ1) is 26.0. The van der Waals surface area contributed by atoms with Crippen molar-refractivity contribution in [1.82, 2.24) is 14.8 Å². The van der Waals surface area contributed by atoms with Crippen LogP contribution in [0.2, 0.25) is 0 Å². The number of pyridine rings is 1. The Balaban J connectivity index is 0.000000479. The van der Waals surface area contributed by atoms with Gasteiger partial charge in [-0.25, -0.2) is 9.78 Å². The van der Waals surface area contributed by atoms with Crippen LogP contribution in [0.4, 0.5) is 19.0 Å². The van der Waals surface area contributed by atoms with Crippen LogP contribution in [0.3, 0.4) is 0 Å². The number of carbonyl (C=O) groups is 1. The van der Waals surface area contributed by atoms with Gasteiger partial charge in [0.2, 0.25) is 5.88 Å². The monoisotopic (exact) mass is 466 g/mol. The summed E-state index contributed by atoms with van der Waals surface area (Å²) >= 11 is 0. The van der Waals surface area contributed by atoms with Crippen LogP contribution in [0.5, 0.6) is 5.88 Å². The van der Waals surface area contributed by atoms with E-state index in [1.54, 1.807) is 7.11 Å². The fourth-order valence-electron chi connectivity index (χ4n) is 3.60. The van der Waals surface area contributed by atoms with Crippen molar-refractivity contribution in [3.8, 4) is 17.0 Å². The Morgan fingerprint density at radius 2 is 1.73 bits per heavy atom. The van der Waals surface area contributed by atoms with Gasteiger partial charge >= 0.3 is 12.1 Å². The predicted octanol–water partition coefficient (Wildman–Crippen LogP) is 5.21. The number of rotatable bonds is 7. The van der Waals surface area contributed by atoms with Crippen LogP contribution in [0, 0.1) is 6.92 Å². The number of carboxylic acids is 1. The third kappa shape index (κ3) is 6.15. The van der Waals surface area contributed by atoms with Gasteiger partial charge in [0.15, 0.2) is 0 Å². The smallest absolute Gasteiger partial charge is 0.481 e. The number of benzene rings is 1. The lowest BCUT2D eigenvalue weighted by molar-refractivity contribution is -0.192. The maximum atomic E-state index is 10.6. The molecule has 180 valence electrons. The zero-order chi connectivity index (χ0) is 24.8. The quantitative estimate of drug-likeness (QED) is 0.515. The number of aliphatic carboxylic acids is 1. The summed E-state index contributed by atoms with van der Waals surface area (Å²) in [6.45, 7) is 8.53. The van der Waals surface area contributed by atoms with E-state index in [2.05, 4.69) is 48.0 Å². The largest absolute Gasteiger partial charge is 0.490 e. The first-order chi connectivity index (χ1) is 15.5. The second kappa shape index (κ2) is 11.0. The summed E-state index contributed by atoms with van der Waals surface area (Å²) in [6.07, 6.45) is -2.85. The zero-order valence-electron chi connectivity index (χ0n) is 19.4. The van der Waals surface area contributed by atoms with Crippen LogP contribution in [-0.2, 0) is 11.8 Å². The molecule has 3 rings (SSSR count). The molecular weight excluding hydrogens is 437 g/mol. The lowest BCUT2D eigenvalue weighted by Gasteiger charge is -2.23. The first-order valence-electron chi connectivity index (χ1n) is 10.6. The number of aryl methyl sites for hydroxylation is 2. The number of methoxy groups -OCH3 is 1. The van der Waals surface area contributed by atoms with Crippen molar-refractivity contribution >= 4 is 22.7 Å². The number of aromatic nitrogens is 3. The Morgan fingerprint density at radius 3 is 2.21 bits per heavy atom. The standard InChI is InChI=1S/C21H28N4O.C2HF3O2/c1-6-13-25(14-7-2)21-18-10-8-9-17(20(18)23-24(21)4)16-11-12-19(26-5)22-15(16)3;3-2(4,5)1(6)7/h8-12H,6-7,13-14H2,1-5H3;(H,6,7). The lowest BCUT2D eigenvalue weighted by atomic mass is 10.0. The molecule has 0 unspecified atom stereocenters. The minimum Gasteiger partial charge on any atom is -0.481 e. The molecule has 1 N–H and O–H groups in total. The maximum Gasteiger partial charge on any atom is 0.490 e. The molecular formula is C23H29F3N4O3. The number of carboxylic acid groups (broad SMARTS) is 1. The highest BCUT2D eigenvalue weighted by molar-refractivity contribution is 6.00. The summed E-state index contributed by atoms with van der Waals surface area (Å²) < 4.78 is 39.0. The van der Waals surface area contributed by atoms with Crippen molar-refractivity contribution in [1.29, 1.82) is 0 Å². The van der Waals surface area contributed by atoms with Gasteiger partial charge in [0.1, 0.15) is 11.3 Å². The molecule has 0 atom stereocenters. The van der Waals surface area contributed by atoms with Crippen molar-refractivity contribution < 1.29 is 27.8 Å². The summed E-state index contributed by atoms with van der Waals surface area (Å²) in [5.41, 5.74) is 4.18. The third-order valence-electron chi connectivity index (χ3n) is 4.92. The van der Waals surface area contributed by atoms with Gasteiger partial charge in [0.25, 0.3) is 0 Å². The van der Waals surface area contributed by atoms with E-state index in [-0.39, 0.29) is 0 Å². The highest BCUT2D eigenvalue weighted by atomic mass is 19.4. The van der Waals surface area contributed by atoms with Crippen molar-refractivity contribution in [3.05, 3.63) is 36.0 Å². The van der Waals surface area contributed by atoms with Crippen molar-refractivity contribution in [3.63, 3.8) is 0 Å². The van der Waals surface area contributed by atoms with Gasteiger partial charge in [-0.2, -0.15) is 18.3 Å². The van der Waals surface area contributed by atoms with Gasteiger partial charge in [-0.15, -0.1) is 0 Å². The van der Waals surface area contributed by atoms with E-state index in [1.165, 1.54) is 11.2 Å². The number of halogens is 3. The Morgan fingerprint density at radius 1 is 1.12 bits per heavy atom. The molecule has 0 aliphatic carbocycles. The number of fused-ring (bicyclic) bond motifs is 1. The van der Waals surface area contributed by atoms with E-state index >= 15 is 0 Å². The van der Waals surface area contributed by atoms with Crippen LogP contribution in [-0.4, -0.2) is 52.2 Å². The number of anilines is 1. The molecule has 0 aliphatic heterocycles. The Kier molecular flexibility index (Phi) is 8.67. The molecule has 0 bridgehead atoms. The van der Waals surface area contributed by atoms with E-state index in [9.17, 15) is 13.2 Å². The second-order valence-electron chi connectivity index (χ2n) is 7.43. The molecule has 0 fully saturated rings. The molecule has 33 heavy (non-hydrogen) atoms. The fraction of sp³-hybridized carbons (Fsp3) is 0.435. The molecule has 2 aromatic heterocycles. The average Bonchev–Trinajstić information content (AvgIpc) is 3.09. The average molecular weight is 467 g/mol. The van der Waals surface area contributed by atoms with E-state index < -0.39 is 12.1 Å². The summed E-state index contributed by atoms with van der Waals surface area (Å²) in [7, 11) is 3.68. The SMILES string of the molecule is CCCN(CCC)c1c2cccc(-c3ccc(OC)nc3C)c2nn1C.O=C(O)C(F)(F)F. The molecule has 0 amide bonds. The van der Waals surface area contributed by atoms with E-state index in [0.717, 1.165) is 48.3 Å². The van der Waals surface area contributed by atoms with Crippen LogP contribution in [0.1, 0.15) is 32.4 Å². The maximum absolute atomic E-state index is 10.6. The van der Waals surface area contributed by atoms with Gasteiger partial charge in [-0.3, -0.25) is 4.68 Å². The minimum atomic E-state index is -5.08. The predicted molar refractivity (Wildman–Crippen MR) is 122 cm³/mol. The van der Waals surface area contributed by atoms with Crippen molar-refractivity contribution in [2.24, 2.45) is 7.05 Å². The fourth-order valence-corrected chi connectivity index (χ4v) is 3.60. The summed E-state index contributed by atoms with van der Waals surface area (Å²) in [4.78, 5) is 15.9. The van der Waals surface area contributed by atoms with Gasteiger partial charge in [0, 0.05) is 48.4 Å². The Hall–Kier alpha value is -3.30. The number of nitrogens with zero attached hydrogens (tertiary/aromatic N) is 4. The number of alkyl halides is 3. The third-order valence-corrected chi connectivity index (χ3v) is 4.92. The summed E-state index contributed by atoms with van der Waals surface area (Å²) in [5, 5.41) is 13.2. The highest BCUT2D eigenvalue weighted by Crippen LogP contribution is 2.35. The van der Waals surface area contributed by atoms with E-state index in [1.807, 2.05) is 24.7 Å². The summed E-state index contributed by atoms with van der Waals surface area (Å²) in [6, 6.07) is 10.4. The Labute approximate surface area is 190 Å². The molecule has 10 heteroatoms. The van der Waals surface area contributed by atoms with Crippen molar-refractivity contribution in [2.75, 3.05) is 25.1 Å². The molecule has 7 nitrogen and oxygen atoms in total. The number of hydrogen-bond donors (Lipinski definition) is 1. The molecule has 3 aromatic rings. The minimum absolute atomic E-state index is 0.636. The lowest BCUT2D eigenvalue weighted by Crippen LogP contribution is -2.27. The summed E-state index contributed by atoms with van der Waals surface area (Å²) in [5.74, 6) is -0.922. The topological polar surface area (TPSA) is 80.5 Å². The first-order valence-corrected chi connectivity index (χ1v) is 10.6. The van der Waals surface area contributed by atoms with Crippen molar-refractivity contribution in [2.45, 2.75) is 39.8 Å². The second-order valence-corrected chi connectivity index (χ2v) is 7.43. The number of hydrogen-bond acceptors (Lipinski definition) is 5. The molecule has 0 radical (unpaired) electrons. The number of ether oxygens (including phenoxy) is 1. The van der Waals surface area contributed by atoms with Crippen LogP contribution < -0.4 is 9.64 Å². The molecule has 0 saturated heterocycles. The zero-order valence-corrected chi connectivity index (χ0v) is 19.4. The Bertz CT molecular complexity index is 1090. The van der Waals surface area contributed by atoms with Crippen LogP contribution in [0.15, 0.2) is 30.3 Å². The normalized spacial score (nSPS) is 11.2. The van der Waals surface area contributed by atoms with Crippen LogP contribution in [0.25, 0.3) is 22.0 Å². The molecule has 0 spiro atoms. The van der Waals surface area contributed by atoms with Crippen LogP contribution >= 0.6 is 0 Å². The molecule has 0 saturated carbocycles. The van der Waals surface area contributed by atoms with Gasteiger partial charge < -0.3 is 14.7 Å². The van der Waals surface area contributed by atoms with Gasteiger partial charge in [0.05, 0.1) is 7.11 Å². The van der Waals surface area contributed by atoms with E-state index in [4.69, 9.17) is 19.7 Å². The molecule has 1 aromatic carbocycles.